The first-order valence-corrected chi connectivity index (χ1v) is 13.6. The van der Waals surface area contributed by atoms with Gasteiger partial charge in [-0.2, -0.15) is 0 Å². The van der Waals surface area contributed by atoms with Crippen LogP contribution in [0.3, 0.4) is 0 Å². The molecule has 0 radical (unpaired) electrons. The van der Waals surface area contributed by atoms with Crippen LogP contribution in [0.4, 0.5) is 0 Å². The van der Waals surface area contributed by atoms with Crippen LogP contribution < -0.4 is 5.82 Å². The summed E-state index contributed by atoms with van der Waals surface area (Å²) < 4.78 is 15.6. The van der Waals surface area contributed by atoms with Crippen molar-refractivity contribution in [3.05, 3.63) is 32.1 Å². The van der Waals surface area contributed by atoms with Gasteiger partial charge in [0.15, 0.2) is 32.9 Å². The summed E-state index contributed by atoms with van der Waals surface area (Å²) in [7, 11) is -1.68. The van der Waals surface area contributed by atoms with E-state index in [0.29, 0.717) is 4.24 Å². The molecule has 164 valence electrons. The summed E-state index contributed by atoms with van der Waals surface area (Å²) in [6.45, 7) is 4.50. The van der Waals surface area contributed by atoms with Crippen molar-refractivity contribution in [1.29, 1.82) is 0 Å². The summed E-state index contributed by atoms with van der Waals surface area (Å²) in [6, 6.07) is 1.59. The standard InChI is InChI=1S/C18H23NO8S2Si/c1-8-11(27-17(23)26-8)6-25-13(21)12-14(28-10-4-5-30(24)7-10)29-16-18(3,9(2)20)15(22)19(12)16/h9-10,16,20,24,30H,4-7H2,1-3H3. The van der Waals surface area contributed by atoms with Gasteiger partial charge in [0, 0.05) is 5.25 Å². The SMILES string of the molecule is Cc1oc(=O)oc1COC(=O)C1=C(SC2CC[SiH](O)C2)SC2N1C(=O)C2(C)C(C)O. The van der Waals surface area contributed by atoms with Gasteiger partial charge in [-0.25, -0.2) is 9.59 Å². The van der Waals surface area contributed by atoms with Gasteiger partial charge in [-0.3, -0.25) is 9.69 Å². The molecular weight excluding hydrogens is 450 g/mol. The summed E-state index contributed by atoms with van der Waals surface area (Å²) in [4.78, 5) is 48.4. The van der Waals surface area contributed by atoms with Gasteiger partial charge in [-0.05, 0) is 39.3 Å². The van der Waals surface area contributed by atoms with Crippen LogP contribution in [0, 0.1) is 12.3 Å². The van der Waals surface area contributed by atoms with E-state index < -0.39 is 37.7 Å². The van der Waals surface area contributed by atoms with Crippen LogP contribution in [-0.2, 0) is 20.9 Å². The first-order valence-electron chi connectivity index (χ1n) is 9.66. The zero-order valence-electron chi connectivity index (χ0n) is 16.7. The lowest BCUT2D eigenvalue weighted by Crippen LogP contribution is -2.68. The average Bonchev–Trinajstić information content (AvgIpc) is 3.35. The Balaban J connectivity index is 1.57. The number of esters is 1. The van der Waals surface area contributed by atoms with E-state index in [4.69, 9.17) is 13.6 Å². The number of β-lactam (4-membered cyclic amide) rings is 1. The van der Waals surface area contributed by atoms with Gasteiger partial charge in [0.1, 0.15) is 10.8 Å². The van der Waals surface area contributed by atoms with Crippen molar-refractivity contribution in [3.63, 3.8) is 0 Å². The lowest BCUT2D eigenvalue weighted by Gasteiger charge is -2.52. The van der Waals surface area contributed by atoms with E-state index in [9.17, 15) is 24.3 Å². The van der Waals surface area contributed by atoms with Gasteiger partial charge < -0.3 is 23.5 Å². The van der Waals surface area contributed by atoms with E-state index in [1.165, 1.54) is 35.3 Å². The molecule has 1 aromatic rings. The molecule has 0 saturated carbocycles. The van der Waals surface area contributed by atoms with Gasteiger partial charge in [0.25, 0.3) is 0 Å². The first-order chi connectivity index (χ1) is 14.1. The second kappa shape index (κ2) is 7.90. The Morgan fingerprint density at radius 1 is 1.47 bits per heavy atom. The lowest BCUT2D eigenvalue weighted by atomic mass is 9.75. The molecular formula is C18H23NO8S2Si. The number of ether oxygens (including phenoxy) is 1. The molecule has 0 spiro atoms. The highest BCUT2D eigenvalue weighted by molar-refractivity contribution is 8.23. The molecule has 2 N–H and O–H groups in total. The number of aliphatic hydroxyl groups excluding tert-OH is 1. The van der Waals surface area contributed by atoms with Gasteiger partial charge in [-0.1, -0.05) is 11.8 Å². The van der Waals surface area contributed by atoms with Crippen LogP contribution in [0.2, 0.25) is 12.1 Å². The Labute approximate surface area is 182 Å². The van der Waals surface area contributed by atoms with Crippen molar-refractivity contribution >= 4 is 44.4 Å². The minimum Gasteiger partial charge on any atom is -0.453 e. The summed E-state index contributed by atoms with van der Waals surface area (Å²) in [5.74, 6) is -1.57. The van der Waals surface area contributed by atoms with E-state index in [-0.39, 0.29) is 35.0 Å². The number of nitrogens with zero attached hydrogens (tertiary/aromatic N) is 1. The highest BCUT2D eigenvalue weighted by atomic mass is 32.2. The maximum atomic E-state index is 12.9. The van der Waals surface area contributed by atoms with Crippen LogP contribution in [-0.4, -0.2) is 52.4 Å². The van der Waals surface area contributed by atoms with Gasteiger partial charge >= 0.3 is 11.8 Å². The number of thioether (sulfide) groups is 2. The number of aliphatic hydroxyl groups is 1. The topological polar surface area (TPSA) is 130 Å². The molecule has 9 nitrogen and oxygen atoms in total. The molecule has 2 saturated heterocycles. The first kappa shape index (κ1) is 21.7. The third-order valence-electron chi connectivity index (χ3n) is 5.94. The Kier molecular flexibility index (Phi) is 5.72. The summed E-state index contributed by atoms with van der Waals surface area (Å²) in [5, 5.41) is 9.98. The second-order valence-electron chi connectivity index (χ2n) is 7.96. The molecule has 1 aromatic heterocycles. The van der Waals surface area contributed by atoms with Gasteiger partial charge in [0.2, 0.25) is 5.91 Å². The monoisotopic (exact) mass is 473 g/mol. The smallest absolute Gasteiger partial charge is 0.453 e. The van der Waals surface area contributed by atoms with Crippen LogP contribution in [0.5, 0.6) is 0 Å². The second-order valence-corrected chi connectivity index (χ2v) is 13.0. The maximum Gasteiger partial charge on any atom is 0.519 e. The normalized spacial score (nSPS) is 31.7. The minimum absolute atomic E-state index is 0.110. The molecule has 4 rings (SSSR count). The predicted octanol–water partition coefficient (Wildman–Crippen LogP) is 1.28. The van der Waals surface area contributed by atoms with E-state index in [0.717, 1.165) is 18.5 Å². The molecule has 0 aromatic carbocycles. The van der Waals surface area contributed by atoms with Crippen molar-refractivity contribution in [2.24, 2.45) is 5.41 Å². The summed E-state index contributed by atoms with van der Waals surface area (Å²) in [6.07, 6.45) is -0.000227. The Morgan fingerprint density at radius 2 is 2.20 bits per heavy atom. The van der Waals surface area contributed by atoms with Crippen molar-refractivity contribution in [2.45, 2.75) is 62.6 Å². The molecule has 12 heteroatoms. The quantitative estimate of drug-likeness (QED) is 0.354. The van der Waals surface area contributed by atoms with Crippen LogP contribution in [0.15, 0.2) is 23.6 Å². The number of aryl methyl sites for hydroxylation is 1. The molecule has 2 fully saturated rings. The number of rotatable bonds is 6. The summed E-state index contributed by atoms with van der Waals surface area (Å²) in [5.41, 5.74) is -0.833. The number of hydrogen-bond acceptors (Lipinski definition) is 10. The number of amides is 1. The third kappa shape index (κ3) is 3.48. The highest BCUT2D eigenvalue weighted by Crippen LogP contribution is 2.60. The number of carbonyl (C=O) groups is 2. The van der Waals surface area contributed by atoms with E-state index in [2.05, 4.69) is 0 Å². The van der Waals surface area contributed by atoms with E-state index in [1.807, 2.05) is 0 Å². The molecule has 5 unspecified atom stereocenters. The molecule has 1 amide bonds. The predicted molar refractivity (Wildman–Crippen MR) is 112 cm³/mol. The fourth-order valence-corrected chi connectivity index (χ4v) is 10.1. The molecule has 0 aliphatic carbocycles. The number of fused-ring (bicyclic) bond motifs is 1. The highest BCUT2D eigenvalue weighted by Gasteiger charge is 2.66. The molecule has 0 bridgehead atoms. The fraction of sp³-hybridized carbons (Fsp3) is 0.611. The maximum absolute atomic E-state index is 12.9. The fourth-order valence-electron chi connectivity index (χ4n) is 3.86. The number of hydrogen-bond donors (Lipinski definition) is 2. The number of carbonyl (C=O) groups excluding carboxylic acids is 2. The van der Waals surface area contributed by atoms with Crippen LogP contribution in [0.1, 0.15) is 31.8 Å². The minimum atomic E-state index is -1.68. The molecule has 30 heavy (non-hydrogen) atoms. The largest absolute Gasteiger partial charge is 0.519 e. The van der Waals surface area contributed by atoms with Gasteiger partial charge in [0.05, 0.1) is 10.3 Å². The van der Waals surface area contributed by atoms with E-state index in [1.54, 1.807) is 13.8 Å². The van der Waals surface area contributed by atoms with Gasteiger partial charge in [-0.15, -0.1) is 11.8 Å². The average molecular weight is 474 g/mol. The summed E-state index contributed by atoms with van der Waals surface area (Å²) >= 11 is 2.88. The molecule has 3 aliphatic rings. The van der Waals surface area contributed by atoms with Crippen LogP contribution in [0.25, 0.3) is 0 Å². The van der Waals surface area contributed by atoms with E-state index >= 15 is 0 Å². The Hall–Kier alpha value is -1.47. The molecule has 3 aliphatic heterocycles. The lowest BCUT2D eigenvalue weighted by molar-refractivity contribution is -0.171. The van der Waals surface area contributed by atoms with Crippen molar-refractivity contribution in [2.75, 3.05) is 0 Å². The molecule has 4 heterocycles. The van der Waals surface area contributed by atoms with Crippen molar-refractivity contribution in [3.8, 4) is 0 Å². The van der Waals surface area contributed by atoms with Crippen molar-refractivity contribution < 1.29 is 33.1 Å². The van der Waals surface area contributed by atoms with Crippen molar-refractivity contribution in [1.82, 2.24) is 4.90 Å². The Bertz CT molecular complexity index is 972. The molecule has 5 atom stereocenters. The Morgan fingerprint density at radius 3 is 2.77 bits per heavy atom. The third-order valence-corrected chi connectivity index (χ3v) is 11.5. The zero-order chi connectivity index (χ0) is 21.8. The zero-order valence-corrected chi connectivity index (χ0v) is 19.5. The van der Waals surface area contributed by atoms with Crippen LogP contribution >= 0.6 is 23.5 Å².